The van der Waals surface area contributed by atoms with Crippen molar-refractivity contribution >= 4 is 75.3 Å². The van der Waals surface area contributed by atoms with E-state index in [0.29, 0.717) is 0 Å². The molecule has 1 N–H and O–H groups in total. The fourth-order valence-corrected chi connectivity index (χ4v) is 7.16. The summed E-state index contributed by atoms with van der Waals surface area (Å²) < 4.78 is 5.12. The van der Waals surface area contributed by atoms with E-state index in [1.165, 1.54) is 23.6 Å². The van der Waals surface area contributed by atoms with Gasteiger partial charge in [0.1, 0.15) is 0 Å². The molecule has 19 heavy (non-hydrogen) atoms. The van der Waals surface area contributed by atoms with E-state index in [0.717, 1.165) is 10.3 Å². The zero-order chi connectivity index (χ0) is 13.4. The maximum Gasteiger partial charge on any atom is 0.0762 e. The van der Waals surface area contributed by atoms with Gasteiger partial charge in [-0.1, -0.05) is 6.92 Å². The summed E-state index contributed by atoms with van der Waals surface area (Å²) in [6, 6.07) is 6.99. The SMILES string of the molecule is CCNC(c1cc2sccc2s1)c1cc(Br)sc1Br. The van der Waals surface area contributed by atoms with Crippen LogP contribution in [0.15, 0.2) is 31.2 Å². The third-order valence-corrected chi connectivity index (χ3v) is 7.39. The van der Waals surface area contributed by atoms with Crippen molar-refractivity contribution in [2.24, 2.45) is 0 Å². The lowest BCUT2D eigenvalue weighted by atomic mass is 10.1. The number of nitrogens with one attached hydrogen (secondary N) is 1. The van der Waals surface area contributed by atoms with Crippen LogP contribution in [0.25, 0.3) is 9.40 Å². The third-order valence-electron chi connectivity index (χ3n) is 2.85. The fourth-order valence-electron chi connectivity index (χ4n) is 2.04. The molecule has 3 rings (SSSR count). The van der Waals surface area contributed by atoms with Crippen LogP contribution in [0, 0.1) is 0 Å². The van der Waals surface area contributed by atoms with E-state index in [1.54, 1.807) is 11.3 Å². The van der Waals surface area contributed by atoms with E-state index in [4.69, 9.17) is 0 Å². The standard InChI is InChI=1S/C13H11Br2NS3/c1-2-16-12(7-5-11(14)19-13(7)15)10-6-9-8(18-10)3-4-17-9/h3-6,12,16H,2H2,1H3. The first-order chi connectivity index (χ1) is 9.19. The zero-order valence-electron chi connectivity index (χ0n) is 10.1. The Morgan fingerprint density at radius 1 is 1.21 bits per heavy atom. The Kier molecular flexibility index (Phi) is 4.46. The molecule has 0 aliphatic carbocycles. The summed E-state index contributed by atoms with van der Waals surface area (Å²) in [6.07, 6.45) is 0. The first-order valence-electron chi connectivity index (χ1n) is 5.84. The second kappa shape index (κ2) is 5.95. The molecule has 0 aliphatic rings. The number of thiophene rings is 3. The van der Waals surface area contributed by atoms with Gasteiger partial charge in [-0.15, -0.1) is 34.0 Å². The molecule has 0 radical (unpaired) electrons. The van der Waals surface area contributed by atoms with Gasteiger partial charge in [0, 0.05) is 19.8 Å². The van der Waals surface area contributed by atoms with Crippen molar-refractivity contribution in [3.8, 4) is 0 Å². The lowest BCUT2D eigenvalue weighted by Crippen LogP contribution is -2.20. The van der Waals surface area contributed by atoms with Gasteiger partial charge in [0.2, 0.25) is 0 Å². The van der Waals surface area contributed by atoms with Crippen LogP contribution in [0.5, 0.6) is 0 Å². The third kappa shape index (κ3) is 2.84. The minimum atomic E-state index is 0.270. The van der Waals surface area contributed by atoms with Crippen molar-refractivity contribution in [2.75, 3.05) is 6.54 Å². The largest absolute Gasteiger partial charge is 0.306 e. The van der Waals surface area contributed by atoms with Gasteiger partial charge in [-0.25, -0.2) is 0 Å². The summed E-state index contributed by atoms with van der Waals surface area (Å²) in [5.74, 6) is 0. The smallest absolute Gasteiger partial charge is 0.0762 e. The van der Waals surface area contributed by atoms with Gasteiger partial charge < -0.3 is 5.32 Å². The summed E-state index contributed by atoms with van der Waals surface area (Å²) in [7, 11) is 0. The number of rotatable bonds is 4. The number of fused-ring (bicyclic) bond motifs is 1. The predicted octanol–water partition coefficient (Wildman–Crippen LogP) is 6.25. The summed E-state index contributed by atoms with van der Waals surface area (Å²) >= 11 is 12.7. The summed E-state index contributed by atoms with van der Waals surface area (Å²) in [5, 5.41) is 5.75. The summed E-state index contributed by atoms with van der Waals surface area (Å²) in [6.45, 7) is 3.11. The zero-order valence-corrected chi connectivity index (χ0v) is 15.7. The monoisotopic (exact) mass is 435 g/mol. The van der Waals surface area contributed by atoms with Crippen LogP contribution in [0.4, 0.5) is 0 Å². The molecule has 3 aromatic rings. The van der Waals surface area contributed by atoms with Crippen LogP contribution >= 0.6 is 65.9 Å². The Hall–Kier alpha value is 0.280. The number of halogens is 2. The van der Waals surface area contributed by atoms with Crippen molar-refractivity contribution in [1.82, 2.24) is 5.32 Å². The van der Waals surface area contributed by atoms with Gasteiger partial charge in [0.05, 0.1) is 13.6 Å². The van der Waals surface area contributed by atoms with Crippen LogP contribution in [-0.4, -0.2) is 6.54 Å². The molecule has 1 atom stereocenters. The van der Waals surface area contributed by atoms with Crippen LogP contribution in [0.1, 0.15) is 23.4 Å². The Labute approximate surface area is 140 Å². The van der Waals surface area contributed by atoms with E-state index in [9.17, 15) is 0 Å². The highest BCUT2D eigenvalue weighted by atomic mass is 79.9. The maximum absolute atomic E-state index is 3.68. The highest BCUT2D eigenvalue weighted by molar-refractivity contribution is 9.12. The molecule has 1 nitrogen and oxygen atoms in total. The minimum Gasteiger partial charge on any atom is -0.306 e. The Balaban J connectivity index is 2.05. The maximum atomic E-state index is 3.68. The number of hydrogen-bond acceptors (Lipinski definition) is 4. The minimum absolute atomic E-state index is 0.270. The highest BCUT2D eigenvalue weighted by Gasteiger charge is 2.20. The molecule has 0 saturated carbocycles. The predicted molar refractivity (Wildman–Crippen MR) is 94.9 cm³/mol. The number of hydrogen-bond donors (Lipinski definition) is 1. The van der Waals surface area contributed by atoms with Crippen LogP contribution in [-0.2, 0) is 0 Å². The Morgan fingerprint density at radius 3 is 2.68 bits per heavy atom. The molecule has 0 amide bonds. The normalized spacial score (nSPS) is 13.2. The van der Waals surface area contributed by atoms with Gasteiger partial charge in [-0.05, 0) is 62.0 Å². The van der Waals surface area contributed by atoms with E-state index < -0.39 is 0 Å². The van der Waals surface area contributed by atoms with Crippen LogP contribution in [0.2, 0.25) is 0 Å². The fraction of sp³-hybridized carbons (Fsp3) is 0.231. The molecule has 0 spiro atoms. The lowest BCUT2D eigenvalue weighted by molar-refractivity contribution is 0.640. The van der Waals surface area contributed by atoms with Gasteiger partial charge in [-0.3, -0.25) is 0 Å². The molecule has 100 valence electrons. The summed E-state index contributed by atoms with van der Waals surface area (Å²) in [4.78, 5) is 1.38. The molecular formula is C13H11Br2NS3. The lowest BCUT2D eigenvalue weighted by Gasteiger charge is -2.15. The Bertz CT molecular complexity index is 669. The molecule has 6 heteroatoms. The highest BCUT2D eigenvalue weighted by Crippen LogP contribution is 2.41. The van der Waals surface area contributed by atoms with Crippen LogP contribution < -0.4 is 5.32 Å². The Morgan fingerprint density at radius 2 is 2.05 bits per heavy atom. The average Bonchev–Trinajstić information content (AvgIpc) is 3.00. The van der Waals surface area contributed by atoms with E-state index in [2.05, 4.69) is 67.7 Å². The first kappa shape index (κ1) is 14.2. The molecule has 0 aliphatic heterocycles. The molecule has 1 unspecified atom stereocenters. The molecular weight excluding hydrogens is 426 g/mol. The molecule has 3 heterocycles. The quantitative estimate of drug-likeness (QED) is 0.509. The van der Waals surface area contributed by atoms with E-state index in [-0.39, 0.29) is 6.04 Å². The topological polar surface area (TPSA) is 12.0 Å². The van der Waals surface area contributed by atoms with Crippen molar-refractivity contribution < 1.29 is 0 Å². The van der Waals surface area contributed by atoms with Crippen molar-refractivity contribution in [3.63, 3.8) is 0 Å². The average molecular weight is 437 g/mol. The molecule has 0 bridgehead atoms. The van der Waals surface area contributed by atoms with Gasteiger partial charge in [0.15, 0.2) is 0 Å². The molecule has 0 saturated heterocycles. The van der Waals surface area contributed by atoms with Crippen molar-refractivity contribution in [2.45, 2.75) is 13.0 Å². The molecule has 3 aromatic heterocycles. The first-order valence-corrected chi connectivity index (χ1v) is 9.94. The van der Waals surface area contributed by atoms with Gasteiger partial charge in [0.25, 0.3) is 0 Å². The van der Waals surface area contributed by atoms with E-state index in [1.807, 2.05) is 22.7 Å². The van der Waals surface area contributed by atoms with E-state index >= 15 is 0 Å². The molecule has 0 aromatic carbocycles. The van der Waals surface area contributed by atoms with Crippen molar-refractivity contribution in [3.05, 3.63) is 41.6 Å². The second-order valence-electron chi connectivity index (χ2n) is 4.07. The molecule has 0 fully saturated rings. The second-order valence-corrected chi connectivity index (χ2v) is 9.88. The van der Waals surface area contributed by atoms with Crippen LogP contribution in [0.3, 0.4) is 0 Å². The van der Waals surface area contributed by atoms with Gasteiger partial charge in [-0.2, -0.15) is 0 Å². The summed E-state index contributed by atoms with van der Waals surface area (Å²) in [5.41, 5.74) is 1.31. The van der Waals surface area contributed by atoms with Crippen molar-refractivity contribution in [1.29, 1.82) is 0 Å². The van der Waals surface area contributed by atoms with Gasteiger partial charge >= 0.3 is 0 Å².